The van der Waals surface area contributed by atoms with Gasteiger partial charge in [0, 0.05) is 0 Å². The molecule has 0 fully saturated rings. The highest BCUT2D eigenvalue weighted by Gasteiger charge is 2.21. The molecule has 1 rings (SSSR count). The van der Waals surface area contributed by atoms with Crippen LogP contribution in [0.2, 0.25) is 0 Å². The molecule has 1 aromatic rings. The monoisotopic (exact) mass is 170 g/mol. The van der Waals surface area contributed by atoms with E-state index in [-0.39, 0.29) is 6.61 Å². The summed E-state index contributed by atoms with van der Waals surface area (Å²) < 4.78 is 12.6. The van der Waals surface area contributed by atoms with Gasteiger partial charge in [-0.2, -0.15) is 4.39 Å². The first-order chi connectivity index (χ1) is 5.56. The van der Waals surface area contributed by atoms with Crippen LogP contribution in [0.5, 0.6) is 0 Å². The number of aromatic nitrogens is 1. The topological polar surface area (TPSA) is 59.1 Å². The van der Waals surface area contributed by atoms with Crippen LogP contribution in [0.15, 0.2) is 18.2 Å². The molecule has 0 saturated heterocycles. The molecular weight excluding hydrogens is 159 g/mol. The van der Waals surface area contributed by atoms with Gasteiger partial charge in [-0.1, -0.05) is 6.07 Å². The van der Waals surface area contributed by atoms with Crippen LogP contribution >= 0.6 is 0 Å². The second kappa shape index (κ2) is 3.16. The summed E-state index contributed by atoms with van der Waals surface area (Å²) in [7, 11) is 0. The van der Waals surface area contributed by atoms with E-state index in [0.717, 1.165) is 0 Å². The smallest absolute Gasteiger partial charge is 0.213 e. The van der Waals surface area contributed by atoms with E-state index in [0.29, 0.717) is 5.69 Å². The quantitative estimate of drug-likeness (QED) is 0.631. The maximum Gasteiger partial charge on any atom is 0.213 e. The molecule has 12 heavy (non-hydrogen) atoms. The first kappa shape index (κ1) is 9.09. The van der Waals surface area contributed by atoms with Gasteiger partial charge in [-0.05, 0) is 19.1 Å². The molecule has 0 amide bonds. The van der Waals surface area contributed by atoms with Gasteiger partial charge < -0.3 is 10.8 Å². The number of nitrogens with two attached hydrogens (primary N) is 1. The van der Waals surface area contributed by atoms with Crippen LogP contribution in [0.3, 0.4) is 0 Å². The molecule has 3 N–H and O–H groups in total. The second-order valence-electron chi connectivity index (χ2n) is 2.92. The minimum atomic E-state index is -0.970. The zero-order chi connectivity index (χ0) is 9.19. The Morgan fingerprint density at radius 2 is 2.33 bits per heavy atom. The third-order valence-corrected chi connectivity index (χ3v) is 1.63. The Labute approximate surface area is 70.0 Å². The molecule has 0 aliphatic rings. The Bertz CT molecular complexity index is 276. The van der Waals surface area contributed by atoms with Crippen molar-refractivity contribution in [1.29, 1.82) is 0 Å². The van der Waals surface area contributed by atoms with Gasteiger partial charge >= 0.3 is 0 Å². The van der Waals surface area contributed by atoms with E-state index in [4.69, 9.17) is 10.8 Å². The lowest BCUT2D eigenvalue weighted by molar-refractivity contribution is 0.206. The first-order valence-electron chi connectivity index (χ1n) is 3.59. The average Bonchev–Trinajstić information content (AvgIpc) is 2.05. The maximum atomic E-state index is 12.6. The van der Waals surface area contributed by atoms with Crippen molar-refractivity contribution >= 4 is 0 Å². The Morgan fingerprint density at radius 1 is 1.67 bits per heavy atom. The lowest BCUT2D eigenvalue weighted by atomic mass is 10.0. The molecule has 0 aromatic carbocycles. The van der Waals surface area contributed by atoms with Gasteiger partial charge in [-0.3, -0.25) is 0 Å². The van der Waals surface area contributed by atoms with Gasteiger partial charge in [0.2, 0.25) is 5.95 Å². The molecule has 1 atom stereocenters. The normalized spacial score (nSPS) is 15.7. The van der Waals surface area contributed by atoms with Crippen LogP contribution in [0.25, 0.3) is 0 Å². The number of aliphatic hydroxyl groups is 1. The minimum Gasteiger partial charge on any atom is -0.394 e. The lowest BCUT2D eigenvalue weighted by Crippen LogP contribution is -2.38. The summed E-state index contributed by atoms with van der Waals surface area (Å²) in [6.45, 7) is 1.33. The predicted octanol–water partition coefficient (Wildman–Crippen LogP) is 0.387. The molecular formula is C8H11FN2O. The predicted molar refractivity (Wildman–Crippen MR) is 42.8 cm³/mol. The molecule has 0 aliphatic heterocycles. The van der Waals surface area contributed by atoms with E-state index in [1.807, 2.05) is 0 Å². The molecule has 3 nitrogen and oxygen atoms in total. The number of pyridine rings is 1. The van der Waals surface area contributed by atoms with Crippen LogP contribution in [0, 0.1) is 5.95 Å². The number of rotatable bonds is 2. The van der Waals surface area contributed by atoms with Crippen LogP contribution in [-0.2, 0) is 5.54 Å². The first-order valence-corrected chi connectivity index (χ1v) is 3.59. The Kier molecular flexibility index (Phi) is 2.40. The van der Waals surface area contributed by atoms with Crippen molar-refractivity contribution in [3.63, 3.8) is 0 Å². The second-order valence-corrected chi connectivity index (χ2v) is 2.92. The summed E-state index contributed by atoms with van der Waals surface area (Å²) in [4.78, 5) is 3.56. The number of hydrogen-bond acceptors (Lipinski definition) is 3. The zero-order valence-corrected chi connectivity index (χ0v) is 6.79. The summed E-state index contributed by atoms with van der Waals surface area (Å²) in [6, 6.07) is 4.33. The fourth-order valence-corrected chi connectivity index (χ4v) is 0.807. The number of hydrogen-bond donors (Lipinski definition) is 2. The molecule has 0 spiro atoms. The molecule has 4 heteroatoms. The van der Waals surface area contributed by atoms with E-state index in [9.17, 15) is 4.39 Å². The highest BCUT2D eigenvalue weighted by Crippen LogP contribution is 2.13. The van der Waals surface area contributed by atoms with Crippen molar-refractivity contribution in [3.8, 4) is 0 Å². The van der Waals surface area contributed by atoms with E-state index < -0.39 is 11.5 Å². The van der Waals surface area contributed by atoms with Gasteiger partial charge in [-0.25, -0.2) is 4.98 Å². The van der Waals surface area contributed by atoms with Gasteiger partial charge in [0.25, 0.3) is 0 Å². The van der Waals surface area contributed by atoms with Crippen molar-refractivity contribution in [2.45, 2.75) is 12.5 Å². The van der Waals surface area contributed by atoms with Crippen LogP contribution in [-0.4, -0.2) is 16.7 Å². The summed E-state index contributed by atoms with van der Waals surface area (Å²) in [5.74, 6) is -0.586. The molecule has 0 unspecified atom stereocenters. The van der Waals surface area contributed by atoms with Crippen LogP contribution in [0.1, 0.15) is 12.6 Å². The Hall–Kier alpha value is -1.00. The fraction of sp³-hybridized carbons (Fsp3) is 0.375. The Morgan fingerprint density at radius 3 is 2.83 bits per heavy atom. The standard InChI is InChI=1S/C8H11FN2O/c1-8(10,5-12)6-3-2-4-7(9)11-6/h2-4,12H,5,10H2,1H3/t8-/m1/s1. The van der Waals surface area contributed by atoms with E-state index >= 15 is 0 Å². The van der Waals surface area contributed by atoms with Gasteiger partial charge in [0.15, 0.2) is 0 Å². The number of nitrogens with zero attached hydrogens (tertiary/aromatic N) is 1. The summed E-state index contributed by atoms with van der Waals surface area (Å²) >= 11 is 0. The molecule has 1 aromatic heterocycles. The third-order valence-electron chi connectivity index (χ3n) is 1.63. The molecule has 0 saturated carbocycles. The maximum absolute atomic E-state index is 12.6. The third kappa shape index (κ3) is 1.78. The van der Waals surface area contributed by atoms with Crippen molar-refractivity contribution in [3.05, 3.63) is 29.8 Å². The molecule has 0 aliphatic carbocycles. The Balaban J connectivity index is 3.03. The number of aliphatic hydroxyl groups excluding tert-OH is 1. The summed E-state index contributed by atoms with van der Waals surface area (Å²) in [6.07, 6.45) is 0. The van der Waals surface area contributed by atoms with Crippen LogP contribution in [0.4, 0.5) is 4.39 Å². The summed E-state index contributed by atoms with van der Waals surface area (Å²) in [5, 5.41) is 8.85. The van der Waals surface area contributed by atoms with Crippen LogP contribution < -0.4 is 5.73 Å². The highest BCUT2D eigenvalue weighted by atomic mass is 19.1. The SMILES string of the molecule is C[C@@](N)(CO)c1cccc(F)n1. The highest BCUT2D eigenvalue weighted by molar-refractivity contribution is 5.14. The van der Waals surface area contributed by atoms with Gasteiger partial charge in [0.05, 0.1) is 17.8 Å². The van der Waals surface area contributed by atoms with Gasteiger partial charge in [0.1, 0.15) is 0 Å². The van der Waals surface area contributed by atoms with E-state index in [2.05, 4.69) is 4.98 Å². The zero-order valence-electron chi connectivity index (χ0n) is 6.79. The molecule has 0 radical (unpaired) electrons. The average molecular weight is 170 g/mol. The van der Waals surface area contributed by atoms with Crippen molar-refractivity contribution in [2.24, 2.45) is 5.73 Å². The molecule has 1 heterocycles. The number of halogens is 1. The van der Waals surface area contributed by atoms with E-state index in [1.165, 1.54) is 12.1 Å². The molecule has 0 bridgehead atoms. The van der Waals surface area contributed by atoms with Gasteiger partial charge in [-0.15, -0.1) is 0 Å². The molecule has 66 valence electrons. The van der Waals surface area contributed by atoms with E-state index in [1.54, 1.807) is 13.0 Å². The lowest BCUT2D eigenvalue weighted by Gasteiger charge is -2.20. The fourth-order valence-electron chi connectivity index (χ4n) is 0.807. The van der Waals surface area contributed by atoms with Crippen molar-refractivity contribution in [2.75, 3.05) is 6.61 Å². The minimum absolute atomic E-state index is 0.260. The van der Waals surface area contributed by atoms with Crippen molar-refractivity contribution in [1.82, 2.24) is 4.98 Å². The largest absolute Gasteiger partial charge is 0.394 e. The summed E-state index contributed by atoms with van der Waals surface area (Å²) in [5.41, 5.74) is 5.01. The van der Waals surface area contributed by atoms with Crippen molar-refractivity contribution < 1.29 is 9.50 Å².